The number of nitrogens with zero attached hydrogens (tertiary/aromatic N) is 4. The summed E-state index contributed by atoms with van der Waals surface area (Å²) in [5.74, 6) is -0.0843. The number of piperidine rings is 1. The number of benzene rings is 2. The van der Waals surface area contributed by atoms with Crippen molar-refractivity contribution in [2.24, 2.45) is 0 Å². The Bertz CT molecular complexity index is 1220. The summed E-state index contributed by atoms with van der Waals surface area (Å²) in [5.41, 5.74) is 3.36. The molecule has 3 aromatic rings. The molecule has 1 aliphatic heterocycles. The monoisotopic (exact) mass is 510 g/mol. The van der Waals surface area contributed by atoms with Gasteiger partial charge in [0, 0.05) is 11.4 Å². The van der Waals surface area contributed by atoms with E-state index in [0.29, 0.717) is 10.8 Å². The second-order valence-electron chi connectivity index (χ2n) is 9.03. The molecule has 1 unspecified atom stereocenters. The van der Waals surface area contributed by atoms with Crippen LogP contribution < -0.4 is 10.6 Å². The van der Waals surface area contributed by atoms with Gasteiger partial charge in [0.1, 0.15) is 5.82 Å². The molecule has 0 saturated carbocycles. The fourth-order valence-corrected chi connectivity index (χ4v) is 5.11. The molecular formula is C26H31FN6O2S. The number of halogens is 1. The number of likely N-dealkylation sites (tertiary alicyclic amines) is 1. The lowest BCUT2D eigenvalue weighted by atomic mass is 10.1. The number of carbonyl (C=O) groups excluding carboxylic acids is 2. The molecule has 3 amide bonds. The zero-order valence-corrected chi connectivity index (χ0v) is 21.6. The molecule has 1 saturated heterocycles. The number of anilines is 1. The first-order valence-electron chi connectivity index (χ1n) is 12.1. The molecule has 1 atom stereocenters. The number of hydrogen-bond acceptors (Lipinski definition) is 6. The Hall–Kier alpha value is -3.24. The van der Waals surface area contributed by atoms with E-state index in [-0.39, 0.29) is 17.6 Å². The van der Waals surface area contributed by atoms with Gasteiger partial charge in [-0.15, -0.1) is 10.2 Å². The smallest absolute Gasteiger partial charge is 0.307 e. The van der Waals surface area contributed by atoms with Gasteiger partial charge in [0.15, 0.2) is 11.0 Å². The van der Waals surface area contributed by atoms with Crippen LogP contribution in [0.5, 0.6) is 0 Å². The molecule has 2 heterocycles. The number of thioether (sulfide) groups is 1. The summed E-state index contributed by atoms with van der Waals surface area (Å²) < 4.78 is 15.5. The average molecular weight is 511 g/mol. The van der Waals surface area contributed by atoms with Crippen LogP contribution in [0.15, 0.2) is 47.6 Å². The molecule has 1 aliphatic rings. The van der Waals surface area contributed by atoms with Gasteiger partial charge in [-0.05, 0) is 82.6 Å². The number of aromatic nitrogens is 3. The predicted octanol–water partition coefficient (Wildman–Crippen LogP) is 5.01. The maximum atomic E-state index is 13.6. The number of rotatable bonds is 7. The Labute approximate surface area is 214 Å². The Morgan fingerprint density at radius 2 is 1.78 bits per heavy atom. The van der Waals surface area contributed by atoms with Crippen molar-refractivity contribution in [2.45, 2.75) is 51.2 Å². The highest BCUT2D eigenvalue weighted by molar-refractivity contribution is 7.99. The van der Waals surface area contributed by atoms with Gasteiger partial charge in [0.05, 0.1) is 11.8 Å². The quantitative estimate of drug-likeness (QED) is 0.434. The lowest BCUT2D eigenvalue weighted by Gasteiger charge is -2.31. The van der Waals surface area contributed by atoms with E-state index in [2.05, 4.69) is 32.7 Å². The zero-order chi connectivity index (χ0) is 25.7. The van der Waals surface area contributed by atoms with Crippen molar-refractivity contribution in [2.75, 3.05) is 24.2 Å². The van der Waals surface area contributed by atoms with Gasteiger partial charge in [0.2, 0.25) is 5.91 Å². The summed E-state index contributed by atoms with van der Waals surface area (Å²) in [5, 5.41) is 14.4. The Morgan fingerprint density at radius 3 is 2.47 bits per heavy atom. The minimum Gasteiger partial charge on any atom is -0.307 e. The van der Waals surface area contributed by atoms with E-state index in [9.17, 15) is 14.0 Å². The minimum absolute atomic E-state index is 0.00885. The van der Waals surface area contributed by atoms with Crippen molar-refractivity contribution in [3.63, 3.8) is 0 Å². The number of amides is 3. The van der Waals surface area contributed by atoms with E-state index in [0.717, 1.165) is 48.6 Å². The second-order valence-corrected chi connectivity index (χ2v) is 9.98. The minimum atomic E-state index is -0.591. The van der Waals surface area contributed by atoms with E-state index in [1.807, 2.05) is 30.5 Å². The maximum absolute atomic E-state index is 13.6. The lowest BCUT2D eigenvalue weighted by molar-refractivity contribution is -0.117. The van der Waals surface area contributed by atoms with E-state index in [1.165, 1.54) is 30.3 Å². The van der Waals surface area contributed by atoms with Crippen molar-refractivity contribution in [1.29, 1.82) is 0 Å². The molecule has 0 radical (unpaired) electrons. The first-order chi connectivity index (χ1) is 17.3. The van der Waals surface area contributed by atoms with Crippen molar-refractivity contribution in [3.8, 4) is 5.69 Å². The summed E-state index contributed by atoms with van der Waals surface area (Å²) in [7, 11) is 0. The molecule has 2 aromatic carbocycles. The lowest BCUT2D eigenvalue weighted by Crippen LogP contribution is -2.35. The molecule has 2 N–H and O–H groups in total. The normalized spacial score (nSPS) is 14.9. The van der Waals surface area contributed by atoms with Gasteiger partial charge in [-0.25, -0.2) is 9.18 Å². The van der Waals surface area contributed by atoms with Gasteiger partial charge >= 0.3 is 6.03 Å². The first kappa shape index (κ1) is 25.8. The summed E-state index contributed by atoms with van der Waals surface area (Å²) in [6.07, 6.45) is 3.50. The number of aryl methyl sites for hydroxylation is 2. The highest BCUT2D eigenvalue weighted by Crippen LogP contribution is 2.29. The van der Waals surface area contributed by atoms with Crippen LogP contribution in [-0.2, 0) is 4.79 Å². The van der Waals surface area contributed by atoms with Gasteiger partial charge in [-0.2, -0.15) is 0 Å². The van der Waals surface area contributed by atoms with Crippen LogP contribution in [0.2, 0.25) is 0 Å². The van der Waals surface area contributed by atoms with Gasteiger partial charge in [-0.3, -0.25) is 19.6 Å². The largest absolute Gasteiger partial charge is 0.325 e. The first-order valence-corrected chi connectivity index (χ1v) is 13.1. The SMILES string of the molecule is Cc1ccc(NC(=O)NC(=O)CSc2nnc(C(C)N3CCCCC3)n2-c2ccc(F)cc2)c(C)c1. The molecular weight excluding hydrogens is 479 g/mol. The zero-order valence-electron chi connectivity index (χ0n) is 20.8. The van der Waals surface area contributed by atoms with Gasteiger partial charge < -0.3 is 5.32 Å². The molecule has 0 spiro atoms. The van der Waals surface area contributed by atoms with Crippen LogP contribution in [0.4, 0.5) is 14.9 Å². The molecule has 190 valence electrons. The third kappa shape index (κ3) is 6.30. The fraction of sp³-hybridized carbons (Fsp3) is 0.385. The van der Waals surface area contributed by atoms with Crippen LogP contribution in [0.25, 0.3) is 5.69 Å². The van der Waals surface area contributed by atoms with Crippen molar-refractivity contribution < 1.29 is 14.0 Å². The third-order valence-corrected chi connectivity index (χ3v) is 7.20. The molecule has 0 bridgehead atoms. The van der Waals surface area contributed by atoms with Gasteiger partial charge in [-0.1, -0.05) is 35.9 Å². The van der Waals surface area contributed by atoms with Crippen molar-refractivity contribution in [1.82, 2.24) is 25.0 Å². The van der Waals surface area contributed by atoms with Crippen LogP contribution in [0.1, 0.15) is 49.2 Å². The van der Waals surface area contributed by atoms with E-state index < -0.39 is 11.9 Å². The second kappa shape index (κ2) is 11.7. The summed E-state index contributed by atoms with van der Waals surface area (Å²) in [6.45, 7) is 7.93. The van der Waals surface area contributed by atoms with Crippen LogP contribution >= 0.6 is 11.8 Å². The van der Waals surface area contributed by atoms with Crippen molar-refractivity contribution >= 4 is 29.4 Å². The van der Waals surface area contributed by atoms with Crippen LogP contribution in [-0.4, -0.2) is 50.4 Å². The summed E-state index contributed by atoms with van der Waals surface area (Å²) in [4.78, 5) is 27.2. The maximum Gasteiger partial charge on any atom is 0.325 e. The Morgan fingerprint density at radius 1 is 1.06 bits per heavy atom. The highest BCUT2D eigenvalue weighted by Gasteiger charge is 2.26. The van der Waals surface area contributed by atoms with Crippen LogP contribution in [0.3, 0.4) is 0 Å². The molecule has 1 aromatic heterocycles. The predicted molar refractivity (Wildman–Crippen MR) is 139 cm³/mol. The van der Waals surface area contributed by atoms with Crippen LogP contribution in [0, 0.1) is 19.7 Å². The number of imide groups is 1. The topological polar surface area (TPSA) is 92.2 Å². The van der Waals surface area contributed by atoms with E-state index in [4.69, 9.17) is 0 Å². The van der Waals surface area contributed by atoms with E-state index >= 15 is 0 Å². The van der Waals surface area contributed by atoms with E-state index in [1.54, 1.807) is 18.2 Å². The number of carbonyl (C=O) groups is 2. The Kier molecular flexibility index (Phi) is 8.37. The number of hydrogen-bond donors (Lipinski definition) is 2. The highest BCUT2D eigenvalue weighted by atomic mass is 32.2. The molecule has 36 heavy (non-hydrogen) atoms. The molecule has 8 nitrogen and oxygen atoms in total. The van der Waals surface area contributed by atoms with Crippen molar-refractivity contribution in [3.05, 3.63) is 65.2 Å². The average Bonchev–Trinajstić information content (AvgIpc) is 3.29. The number of nitrogens with one attached hydrogen (secondary N) is 2. The summed E-state index contributed by atoms with van der Waals surface area (Å²) >= 11 is 1.18. The molecule has 1 fully saturated rings. The summed E-state index contributed by atoms with van der Waals surface area (Å²) in [6, 6.07) is 11.2. The fourth-order valence-electron chi connectivity index (χ4n) is 4.35. The number of urea groups is 1. The molecule has 0 aliphatic carbocycles. The molecule has 10 heteroatoms. The Balaban J connectivity index is 1.46. The van der Waals surface area contributed by atoms with Gasteiger partial charge in [0.25, 0.3) is 0 Å². The standard InChI is InChI=1S/C26H31FN6O2S/c1-17-7-12-22(18(2)15-17)28-25(35)29-23(34)16-36-26-31-30-24(19(3)32-13-5-4-6-14-32)33(26)21-10-8-20(27)9-11-21/h7-12,15,19H,4-6,13-14,16H2,1-3H3,(H2,28,29,34,35). The third-order valence-electron chi connectivity index (χ3n) is 6.27. The molecule has 4 rings (SSSR count).